The molecule has 10 nitrogen and oxygen atoms in total. The van der Waals surface area contributed by atoms with Gasteiger partial charge >= 0.3 is 0 Å². The molecular weight excluding hydrogens is 552 g/mol. The SMILES string of the molecule is C=CC(=O)N[C@H]1CCC[C@H]1NC(=O)c1sc2c(N)ccc3c2c1C(N)C(=O)C3(N)c1ccc(Oc2ccccc2)cn1. The van der Waals surface area contributed by atoms with Gasteiger partial charge in [-0.15, -0.1) is 11.3 Å². The molecule has 42 heavy (non-hydrogen) atoms. The van der Waals surface area contributed by atoms with Crippen LogP contribution in [0.3, 0.4) is 0 Å². The van der Waals surface area contributed by atoms with Gasteiger partial charge in [0.2, 0.25) is 5.91 Å². The molecule has 2 aromatic carbocycles. The van der Waals surface area contributed by atoms with E-state index < -0.39 is 17.4 Å². The number of hydrogen-bond acceptors (Lipinski definition) is 9. The minimum Gasteiger partial charge on any atom is -0.456 e. The minimum absolute atomic E-state index is 0.224. The number of ether oxygens (including phenoxy) is 1. The Kier molecular flexibility index (Phi) is 7.01. The number of carbonyl (C=O) groups is 3. The molecule has 2 aliphatic rings. The lowest BCUT2D eigenvalue weighted by molar-refractivity contribution is -0.124. The maximum atomic E-state index is 14.0. The van der Waals surface area contributed by atoms with Crippen molar-refractivity contribution >= 4 is 44.7 Å². The third kappa shape index (κ3) is 4.51. The van der Waals surface area contributed by atoms with E-state index in [2.05, 4.69) is 22.2 Å². The van der Waals surface area contributed by atoms with Gasteiger partial charge in [0, 0.05) is 28.7 Å². The fourth-order valence-electron chi connectivity index (χ4n) is 5.89. The quantitative estimate of drug-likeness (QED) is 0.163. The predicted molar refractivity (Wildman–Crippen MR) is 161 cm³/mol. The number of amides is 2. The van der Waals surface area contributed by atoms with Crippen molar-refractivity contribution in [2.75, 3.05) is 5.73 Å². The van der Waals surface area contributed by atoms with Crippen LogP contribution in [0.4, 0.5) is 5.69 Å². The lowest BCUT2D eigenvalue weighted by atomic mass is 9.72. The monoisotopic (exact) mass is 582 g/mol. The molecule has 2 aromatic heterocycles. The number of ketones is 1. The van der Waals surface area contributed by atoms with Crippen LogP contribution in [0, 0.1) is 0 Å². The molecule has 0 saturated heterocycles. The van der Waals surface area contributed by atoms with Crippen LogP contribution in [-0.2, 0) is 15.1 Å². The Morgan fingerprint density at radius 2 is 1.79 bits per heavy atom. The number of anilines is 1. The van der Waals surface area contributed by atoms with E-state index in [1.54, 1.807) is 24.3 Å². The Morgan fingerprint density at radius 1 is 1.05 bits per heavy atom. The van der Waals surface area contributed by atoms with E-state index in [9.17, 15) is 14.4 Å². The van der Waals surface area contributed by atoms with E-state index in [1.807, 2.05) is 30.3 Å². The van der Waals surface area contributed by atoms with Crippen molar-refractivity contribution < 1.29 is 19.1 Å². The normalized spacial score (nSPS) is 23.0. The highest BCUT2D eigenvalue weighted by Crippen LogP contribution is 2.49. The molecule has 2 aliphatic carbocycles. The van der Waals surface area contributed by atoms with Gasteiger partial charge in [-0.3, -0.25) is 19.4 Å². The number of nitrogen functional groups attached to an aromatic ring is 1. The Hall–Kier alpha value is -4.58. The number of carbonyl (C=O) groups excluding carboxylic acids is 3. The Labute approximate surface area is 245 Å². The molecule has 8 N–H and O–H groups in total. The van der Waals surface area contributed by atoms with E-state index in [1.165, 1.54) is 23.6 Å². The van der Waals surface area contributed by atoms with Crippen LogP contribution in [0.15, 0.2) is 73.4 Å². The smallest absolute Gasteiger partial charge is 0.262 e. The Morgan fingerprint density at radius 3 is 2.48 bits per heavy atom. The first-order valence-electron chi connectivity index (χ1n) is 13.6. The van der Waals surface area contributed by atoms with Gasteiger partial charge in [0.15, 0.2) is 5.78 Å². The second kappa shape index (κ2) is 10.7. The van der Waals surface area contributed by atoms with Crippen LogP contribution < -0.4 is 32.6 Å². The summed E-state index contributed by atoms with van der Waals surface area (Å²) in [6.07, 6.45) is 5.00. The maximum Gasteiger partial charge on any atom is 0.262 e. The topological polar surface area (TPSA) is 175 Å². The summed E-state index contributed by atoms with van der Waals surface area (Å²) in [5.74, 6) is -0.0421. The average Bonchev–Trinajstić information content (AvgIpc) is 3.61. The summed E-state index contributed by atoms with van der Waals surface area (Å²) >= 11 is 1.18. The molecule has 11 heteroatoms. The third-order valence-corrected chi connectivity index (χ3v) is 9.24. The van der Waals surface area contributed by atoms with Gasteiger partial charge in [-0.05, 0) is 61.2 Å². The van der Waals surface area contributed by atoms with Gasteiger partial charge < -0.3 is 32.6 Å². The molecule has 0 spiro atoms. The van der Waals surface area contributed by atoms with E-state index in [0.29, 0.717) is 55.4 Å². The number of thiophene rings is 1. The molecular formula is C31H30N6O4S. The molecule has 4 aromatic rings. The fourth-order valence-corrected chi connectivity index (χ4v) is 7.10. The van der Waals surface area contributed by atoms with Crippen LogP contribution in [-0.4, -0.2) is 34.7 Å². The zero-order chi connectivity index (χ0) is 29.6. The predicted octanol–water partition coefficient (Wildman–Crippen LogP) is 3.41. The average molecular weight is 583 g/mol. The molecule has 2 unspecified atom stereocenters. The van der Waals surface area contributed by atoms with Gasteiger partial charge in [0.05, 0.1) is 27.5 Å². The van der Waals surface area contributed by atoms with Crippen LogP contribution >= 0.6 is 11.3 Å². The summed E-state index contributed by atoms with van der Waals surface area (Å²) < 4.78 is 6.47. The third-order valence-electron chi connectivity index (χ3n) is 7.98. The number of hydrogen-bond donors (Lipinski definition) is 5. The van der Waals surface area contributed by atoms with Crippen molar-refractivity contribution in [3.8, 4) is 11.5 Å². The fraction of sp³-hybridized carbons (Fsp3) is 0.226. The molecule has 2 heterocycles. The summed E-state index contributed by atoms with van der Waals surface area (Å²) in [7, 11) is 0. The number of aromatic nitrogens is 1. The van der Waals surface area contributed by atoms with Crippen molar-refractivity contribution in [2.45, 2.75) is 42.9 Å². The van der Waals surface area contributed by atoms with E-state index >= 15 is 0 Å². The second-order valence-electron chi connectivity index (χ2n) is 10.5. The van der Waals surface area contributed by atoms with Gasteiger partial charge in [-0.2, -0.15) is 0 Å². The molecule has 214 valence electrons. The van der Waals surface area contributed by atoms with Crippen molar-refractivity contribution in [1.29, 1.82) is 0 Å². The van der Waals surface area contributed by atoms with Crippen molar-refractivity contribution in [3.05, 3.63) is 95.1 Å². The summed E-state index contributed by atoms with van der Waals surface area (Å²) in [6.45, 7) is 3.50. The van der Waals surface area contributed by atoms with E-state index in [-0.39, 0.29) is 23.9 Å². The largest absolute Gasteiger partial charge is 0.456 e. The highest BCUT2D eigenvalue weighted by molar-refractivity contribution is 7.21. The van der Waals surface area contributed by atoms with Crippen LogP contribution in [0.1, 0.15) is 51.8 Å². The second-order valence-corrected chi connectivity index (χ2v) is 11.5. The molecule has 0 aliphatic heterocycles. The van der Waals surface area contributed by atoms with Crippen molar-refractivity contribution in [3.63, 3.8) is 0 Å². The first-order chi connectivity index (χ1) is 20.2. The number of nitrogens with one attached hydrogen (secondary N) is 2. The highest BCUT2D eigenvalue weighted by atomic mass is 32.1. The summed E-state index contributed by atoms with van der Waals surface area (Å²) in [5, 5.41) is 6.52. The van der Waals surface area contributed by atoms with Crippen molar-refractivity contribution in [2.24, 2.45) is 11.5 Å². The van der Waals surface area contributed by atoms with Gasteiger partial charge in [-0.1, -0.05) is 30.8 Å². The first kappa shape index (κ1) is 27.6. The van der Waals surface area contributed by atoms with Crippen LogP contribution in [0.25, 0.3) is 10.1 Å². The number of benzene rings is 2. The maximum absolute atomic E-state index is 14.0. The summed E-state index contributed by atoms with van der Waals surface area (Å²) in [5.41, 5.74) is 19.8. The summed E-state index contributed by atoms with van der Waals surface area (Å²) in [6, 6.07) is 14.3. The number of pyridine rings is 1. The van der Waals surface area contributed by atoms with Crippen LogP contribution in [0.5, 0.6) is 11.5 Å². The van der Waals surface area contributed by atoms with Gasteiger partial charge in [0.25, 0.3) is 5.91 Å². The summed E-state index contributed by atoms with van der Waals surface area (Å²) in [4.78, 5) is 44.4. The first-order valence-corrected chi connectivity index (χ1v) is 14.4. The Bertz CT molecular complexity index is 1720. The minimum atomic E-state index is -1.68. The number of rotatable bonds is 7. The number of nitrogens with two attached hydrogens (primary N) is 3. The lowest BCUT2D eigenvalue weighted by Gasteiger charge is -2.35. The Balaban J connectivity index is 1.37. The lowest BCUT2D eigenvalue weighted by Crippen LogP contribution is -2.53. The number of para-hydroxylation sites is 1. The van der Waals surface area contributed by atoms with E-state index in [4.69, 9.17) is 21.9 Å². The molecule has 1 fully saturated rings. The molecule has 0 bridgehead atoms. The van der Waals surface area contributed by atoms with Crippen molar-refractivity contribution in [1.82, 2.24) is 15.6 Å². The molecule has 0 radical (unpaired) electrons. The highest BCUT2D eigenvalue weighted by Gasteiger charge is 2.49. The molecule has 4 atom stereocenters. The molecule has 1 saturated carbocycles. The standard InChI is InChI=1S/C31H30N6O4S/c1-2-23(38)36-20-9-6-10-21(20)37-30(40)28-25-24-18(12-13-19(32)27(24)42-28)31(34,29(39)26(25)33)22-14-11-17(15-35-22)41-16-7-4-3-5-8-16/h2-5,7-8,11-15,20-21,26H,1,6,9-10,32-34H2,(H,36,38)(H,37,40)/t20-,21+,26?,31?/m0/s1. The molecule has 6 rings (SSSR count). The van der Waals surface area contributed by atoms with Gasteiger partial charge in [-0.25, -0.2) is 0 Å². The number of Topliss-reactive ketones (excluding diaryl/α,β-unsaturated/α-hetero) is 1. The number of nitrogens with zero attached hydrogens (tertiary/aromatic N) is 1. The zero-order valence-electron chi connectivity index (χ0n) is 22.6. The zero-order valence-corrected chi connectivity index (χ0v) is 23.4. The van der Waals surface area contributed by atoms with Crippen LogP contribution in [0.2, 0.25) is 0 Å². The van der Waals surface area contributed by atoms with E-state index in [0.717, 1.165) is 12.8 Å². The van der Waals surface area contributed by atoms with Gasteiger partial charge in [0.1, 0.15) is 17.0 Å². The molecule has 2 amide bonds.